The number of ether oxygens (including phenoxy) is 2. The monoisotopic (exact) mass is 265 g/mol. The topological polar surface area (TPSA) is 44.5 Å². The second-order valence-corrected chi connectivity index (χ2v) is 3.92. The summed E-state index contributed by atoms with van der Waals surface area (Å²) in [6.45, 7) is 0. The van der Waals surface area contributed by atoms with Gasteiger partial charge in [0.1, 0.15) is 23.1 Å². The summed E-state index contributed by atoms with van der Waals surface area (Å²) in [7, 11) is 2.96. The Hall–Kier alpha value is -2.30. The molecule has 3 nitrogen and oxygen atoms in total. The lowest BCUT2D eigenvalue weighted by Gasteiger charge is -2.12. The predicted octanol–water partition coefficient (Wildman–Crippen LogP) is 3.23. The largest absolute Gasteiger partial charge is 0.497 e. The molecule has 0 saturated carbocycles. The van der Waals surface area contributed by atoms with Gasteiger partial charge in [-0.05, 0) is 18.2 Å². The maximum absolute atomic E-state index is 13.9. The Labute approximate surface area is 109 Å². The van der Waals surface area contributed by atoms with Crippen LogP contribution in [0, 0.1) is 11.6 Å². The van der Waals surface area contributed by atoms with E-state index in [1.54, 1.807) is 18.2 Å². The highest BCUT2D eigenvalue weighted by Gasteiger charge is 2.14. The molecule has 0 unspecified atom stereocenters. The number of hydrogen-bond donors (Lipinski definition) is 1. The number of benzene rings is 2. The van der Waals surface area contributed by atoms with Crippen molar-refractivity contribution in [3.63, 3.8) is 0 Å². The van der Waals surface area contributed by atoms with Gasteiger partial charge in [-0.3, -0.25) is 0 Å². The van der Waals surface area contributed by atoms with Crippen molar-refractivity contribution in [2.75, 3.05) is 20.0 Å². The van der Waals surface area contributed by atoms with Crippen LogP contribution in [0.1, 0.15) is 0 Å². The number of rotatable bonds is 3. The second-order valence-electron chi connectivity index (χ2n) is 3.92. The van der Waals surface area contributed by atoms with Gasteiger partial charge in [0.05, 0.1) is 19.9 Å². The number of anilines is 1. The van der Waals surface area contributed by atoms with Gasteiger partial charge in [-0.15, -0.1) is 0 Å². The third-order valence-corrected chi connectivity index (χ3v) is 2.79. The smallest absolute Gasteiger partial charge is 0.146 e. The molecule has 0 bridgehead atoms. The van der Waals surface area contributed by atoms with Crippen molar-refractivity contribution in [1.82, 2.24) is 0 Å². The van der Waals surface area contributed by atoms with Crippen LogP contribution in [-0.4, -0.2) is 14.2 Å². The number of nitrogen functional groups attached to an aromatic ring is 1. The van der Waals surface area contributed by atoms with Gasteiger partial charge in [-0.2, -0.15) is 0 Å². The van der Waals surface area contributed by atoms with E-state index in [1.807, 2.05) is 0 Å². The van der Waals surface area contributed by atoms with Crippen LogP contribution in [0.25, 0.3) is 11.1 Å². The van der Waals surface area contributed by atoms with Crippen molar-refractivity contribution in [3.8, 4) is 22.6 Å². The second kappa shape index (κ2) is 5.14. The minimum Gasteiger partial charge on any atom is -0.497 e. The first-order valence-electron chi connectivity index (χ1n) is 5.53. The summed E-state index contributed by atoms with van der Waals surface area (Å²) in [5.74, 6) is -0.323. The molecule has 0 aliphatic rings. The van der Waals surface area contributed by atoms with Crippen molar-refractivity contribution in [3.05, 3.63) is 42.0 Å². The van der Waals surface area contributed by atoms with Crippen LogP contribution in [0.4, 0.5) is 14.5 Å². The normalized spacial score (nSPS) is 10.3. The van der Waals surface area contributed by atoms with Gasteiger partial charge >= 0.3 is 0 Å². The molecular formula is C14H13F2NO2. The Morgan fingerprint density at radius 3 is 2.26 bits per heavy atom. The van der Waals surface area contributed by atoms with Gasteiger partial charge in [-0.25, -0.2) is 8.78 Å². The number of methoxy groups -OCH3 is 2. The Kier molecular flexibility index (Phi) is 3.55. The third-order valence-electron chi connectivity index (χ3n) is 2.79. The molecule has 0 saturated heterocycles. The fourth-order valence-electron chi connectivity index (χ4n) is 1.79. The summed E-state index contributed by atoms with van der Waals surface area (Å²) in [6.07, 6.45) is 0. The molecule has 2 N–H and O–H groups in total. The fraction of sp³-hybridized carbons (Fsp3) is 0.143. The zero-order valence-electron chi connectivity index (χ0n) is 10.5. The van der Waals surface area contributed by atoms with E-state index in [4.69, 9.17) is 15.2 Å². The molecule has 0 spiro atoms. The highest BCUT2D eigenvalue weighted by Crippen LogP contribution is 2.35. The Balaban J connectivity index is 2.61. The van der Waals surface area contributed by atoms with Crippen molar-refractivity contribution < 1.29 is 18.3 Å². The molecule has 0 aliphatic carbocycles. The van der Waals surface area contributed by atoms with Crippen LogP contribution in [0.2, 0.25) is 0 Å². The summed E-state index contributed by atoms with van der Waals surface area (Å²) in [5, 5.41) is 0. The first-order valence-corrected chi connectivity index (χ1v) is 5.53. The van der Waals surface area contributed by atoms with Crippen LogP contribution in [0.3, 0.4) is 0 Å². The molecule has 0 aromatic heterocycles. The van der Waals surface area contributed by atoms with E-state index in [-0.39, 0.29) is 11.3 Å². The van der Waals surface area contributed by atoms with E-state index < -0.39 is 11.6 Å². The molecule has 0 amide bonds. The Morgan fingerprint density at radius 2 is 1.63 bits per heavy atom. The van der Waals surface area contributed by atoms with Crippen LogP contribution < -0.4 is 15.2 Å². The maximum Gasteiger partial charge on any atom is 0.146 e. The van der Waals surface area contributed by atoms with Crippen molar-refractivity contribution in [1.29, 1.82) is 0 Å². The summed E-state index contributed by atoms with van der Waals surface area (Å²) < 4.78 is 37.6. The molecule has 0 heterocycles. The SMILES string of the molecule is COc1ccc(-c2cc(F)c(N)cc2F)c(OC)c1. The van der Waals surface area contributed by atoms with Gasteiger partial charge in [0, 0.05) is 23.3 Å². The van der Waals surface area contributed by atoms with E-state index in [0.717, 1.165) is 12.1 Å². The molecule has 0 aliphatic heterocycles. The fourth-order valence-corrected chi connectivity index (χ4v) is 1.79. The number of hydrogen-bond acceptors (Lipinski definition) is 3. The average molecular weight is 265 g/mol. The minimum atomic E-state index is -0.672. The summed E-state index contributed by atoms with van der Waals surface area (Å²) in [5.41, 5.74) is 5.61. The van der Waals surface area contributed by atoms with E-state index >= 15 is 0 Å². The lowest BCUT2D eigenvalue weighted by atomic mass is 10.0. The van der Waals surface area contributed by atoms with Gasteiger partial charge in [0.25, 0.3) is 0 Å². The van der Waals surface area contributed by atoms with E-state index in [9.17, 15) is 8.78 Å². The zero-order chi connectivity index (χ0) is 14.0. The highest BCUT2D eigenvalue weighted by molar-refractivity contribution is 5.73. The third kappa shape index (κ3) is 2.45. The Bertz CT molecular complexity index is 615. The molecular weight excluding hydrogens is 252 g/mol. The van der Waals surface area contributed by atoms with Crippen molar-refractivity contribution >= 4 is 5.69 Å². The molecule has 0 radical (unpaired) electrons. The van der Waals surface area contributed by atoms with E-state index in [0.29, 0.717) is 17.1 Å². The van der Waals surface area contributed by atoms with Crippen molar-refractivity contribution in [2.45, 2.75) is 0 Å². The number of halogens is 2. The molecule has 2 aromatic rings. The lowest BCUT2D eigenvalue weighted by molar-refractivity contribution is 0.395. The summed E-state index contributed by atoms with van der Waals surface area (Å²) in [6, 6.07) is 6.85. The Morgan fingerprint density at radius 1 is 0.895 bits per heavy atom. The molecule has 5 heteroatoms. The molecule has 19 heavy (non-hydrogen) atoms. The predicted molar refractivity (Wildman–Crippen MR) is 69.3 cm³/mol. The van der Waals surface area contributed by atoms with E-state index in [1.165, 1.54) is 14.2 Å². The first-order chi connectivity index (χ1) is 9.06. The average Bonchev–Trinajstić information content (AvgIpc) is 2.42. The van der Waals surface area contributed by atoms with Crippen molar-refractivity contribution in [2.24, 2.45) is 0 Å². The maximum atomic E-state index is 13.9. The minimum absolute atomic E-state index is 0.0891. The molecule has 2 rings (SSSR count). The van der Waals surface area contributed by atoms with Gasteiger partial charge in [-0.1, -0.05) is 0 Å². The van der Waals surface area contributed by atoms with Gasteiger partial charge in [0.15, 0.2) is 0 Å². The summed E-state index contributed by atoms with van der Waals surface area (Å²) in [4.78, 5) is 0. The summed E-state index contributed by atoms with van der Waals surface area (Å²) >= 11 is 0. The van der Waals surface area contributed by atoms with Crippen LogP contribution in [0.15, 0.2) is 30.3 Å². The number of nitrogens with two attached hydrogens (primary N) is 1. The lowest BCUT2D eigenvalue weighted by Crippen LogP contribution is -1.96. The quantitative estimate of drug-likeness (QED) is 0.866. The van der Waals surface area contributed by atoms with Gasteiger partial charge < -0.3 is 15.2 Å². The molecule has 0 atom stereocenters. The molecule has 100 valence electrons. The highest BCUT2D eigenvalue weighted by atomic mass is 19.1. The van der Waals surface area contributed by atoms with Gasteiger partial charge in [0.2, 0.25) is 0 Å². The zero-order valence-corrected chi connectivity index (χ0v) is 10.5. The van der Waals surface area contributed by atoms with E-state index in [2.05, 4.69) is 0 Å². The standard InChI is InChI=1S/C14H13F2NO2/c1-18-8-3-4-9(14(5-8)19-2)10-6-12(16)13(17)7-11(10)15/h3-7H,17H2,1-2H3. The van der Waals surface area contributed by atoms with Crippen LogP contribution in [-0.2, 0) is 0 Å². The first kappa shape index (κ1) is 13.1. The molecule has 0 fully saturated rings. The van der Waals surface area contributed by atoms with Crippen LogP contribution >= 0.6 is 0 Å². The van der Waals surface area contributed by atoms with Crippen LogP contribution in [0.5, 0.6) is 11.5 Å². The molecule has 2 aromatic carbocycles.